The Morgan fingerprint density at radius 1 is 0.611 bits per heavy atom. The number of primary amides is 1. The summed E-state index contributed by atoms with van der Waals surface area (Å²) in [5.41, 5.74) is 23.6. The van der Waals surface area contributed by atoms with Crippen molar-refractivity contribution in [3.63, 3.8) is 0 Å². The van der Waals surface area contributed by atoms with Crippen LogP contribution in [-0.4, -0.2) is 120 Å². The van der Waals surface area contributed by atoms with Crippen LogP contribution in [0.15, 0.2) is 65.7 Å². The van der Waals surface area contributed by atoms with Gasteiger partial charge in [-0.25, -0.2) is 4.79 Å². The molecule has 0 radical (unpaired) electrons. The number of amides is 8. The zero-order valence-electron chi connectivity index (χ0n) is 41.7. The first-order chi connectivity index (χ1) is 34.3. The van der Waals surface area contributed by atoms with Gasteiger partial charge in [0.2, 0.25) is 47.3 Å². The first-order valence-corrected chi connectivity index (χ1v) is 24.8. The molecule has 0 spiro atoms. The van der Waals surface area contributed by atoms with E-state index in [-0.39, 0.29) is 57.1 Å². The predicted molar refractivity (Wildman–Crippen MR) is 270 cm³/mol. The largest absolute Gasteiger partial charge is 0.480 e. The number of aliphatic imine (C=N–C) groups is 1. The SMILES string of the molecule is CC[C@H](C)[C@H](NC(=O)[C@H](CC(N)=O)NC(=O)[C@H](CCCCN)NC(=O)[C@H](Cc1ccccc1)NC(=O)[C@H](Cc1ccccc1)NC(=O)[C@H](CCCN=C(N)N)NC(=O)C(NC(C)=O)C1CCCCC1)C(=O)O. The lowest BCUT2D eigenvalue weighted by Gasteiger charge is -2.31. The van der Waals surface area contributed by atoms with Gasteiger partial charge in [-0.1, -0.05) is 100 Å². The molecule has 8 atom stereocenters. The number of carboxylic acids is 1. The van der Waals surface area contributed by atoms with Gasteiger partial charge >= 0.3 is 5.97 Å². The molecule has 1 aliphatic carbocycles. The molecule has 0 aromatic heterocycles. The summed E-state index contributed by atoms with van der Waals surface area (Å²) in [5, 5.41) is 28.5. The Kier molecular flexibility index (Phi) is 25.7. The fraction of sp³-hybridized carbons (Fsp3) is 0.560. The van der Waals surface area contributed by atoms with Crippen LogP contribution in [0, 0.1) is 11.8 Å². The Morgan fingerprint density at radius 2 is 1.07 bits per heavy atom. The maximum absolute atomic E-state index is 14.7. The standard InChI is InChI=1S/C50H76N12O10/c1-4-30(2)41(49(71)72)62-47(69)39(29-40(52)64)61-43(65)35(23-14-15-25-51)57-45(67)37(27-32-17-8-5-9-18-32)60-46(68)38(28-33-19-10-6-11-20-33)59-44(66)36(24-16-26-55-50(53)54)58-48(70)42(56-31(3)63)34-21-12-7-13-22-34/h5-6,8-11,17-20,30,34-39,41-42H,4,7,12-16,21-29,51H2,1-3H3,(H2,52,64)(H,56,63)(H,57,67)(H,58,70)(H,59,66)(H,60,68)(H,61,65)(H,62,69)(H,71,72)(H4,53,54,55)/t30-,35-,36-,37-,38-,39-,41-,42?/m0/s1. The number of unbranched alkanes of at least 4 members (excludes halogenated alkanes) is 1. The van der Waals surface area contributed by atoms with Crippen LogP contribution >= 0.6 is 0 Å². The van der Waals surface area contributed by atoms with Crippen molar-refractivity contribution in [2.24, 2.45) is 39.8 Å². The first-order valence-electron chi connectivity index (χ1n) is 24.8. The number of hydrogen-bond donors (Lipinski definition) is 12. The summed E-state index contributed by atoms with van der Waals surface area (Å²) in [6, 6.07) is 8.32. The molecule has 22 nitrogen and oxygen atoms in total. The molecule has 72 heavy (non-hydrogen) atoms. The molecule has 0 aliphatic heterocycles. The van der Waals surface area contributed by atoms with Gasteiger partial charge in [0.05, 0.1) is 6.42 Å². The second-order valence-electron chi connectivity index (χ2n) is 18.4. The zero-order chi connectivity index (χ0) is 53.2. The van der Waals surface area contributed by atoms with Crippen LogP contribution in [0.4, 0.5) is 0 Å². The molecular formula is C50H76N12O10. The normalized spacial score (nSPS) is 15.8. The third kappa shape index (κ3) is 21.1. The number of carbonyl (C=O) groups excluding carboxylic acids is 8. The Hall–Kier alpha value is -7.10. The van der Waals surface area contributed by atoms with E-state index in [1.165, 1.54) is 6.92 Å². The lowest BCUT2D eigenvalue weighted by molar-refractivity contribution is -0.144. The van der Waals surface area contributed by atoms with E-state index in [9.17, 15) is 48.3 Å². The molecule has 0 heterocycles. The number of benzene rings is 2. The Balaban J connectivity index is 1.99. The van der Waals surface area contributed by atoms with Crippen LogP contribution in [0.2, 0.25) is 0 Å². The zero-order valence-corrected chi connectivity index (χ0v) is 41.7. The highest BCUT2D eigenvalue weighted by atomic mass is 16.4. The molecule has 396 valence electrons. The van der Waals surface area contributed by atoms with Crippen LogP contribution in [-0.2, 0) is 56.0 Å². The molecule has 1 fully saturated rings. The van der Waals surface area contributed by atoms with Crippen LogP contribution in [0.3, 0.4) is 0 Å². The van der Waals surface area contributed by atoms with Gasteiger partial charge in [-0.2, -0.15) is 0 Å². The number of carbonyl (C=O) groups is 9. The van der Waals surface area contributed by atoms with Gasteiger partial charge in [0.1, 0.15) is 42.3 Å². The lowest BCUT2D eigenvalue weighted by atomic mass is 9.83. The number of carboxylic acid groups (broad SMARTS) is 1. The quantitative estimate of drug-likeness (QED) is 0.0262. The highest BCUT2D eigenvalue weighted by Gasteiger charge is 2.36. The van der Waals surface area contributed by atoms with Crippen LogP contribution in [0.1, 0.15) is 109 Å². The van der Waals surface area contributed by atoms with Crippen molar-refractivity contribution in [1.82, 2.24) is 37.2 Å². The third-order valence-electron chi connectivity index (χ3n) is 12.6. The molecule has 8 amide bonds. The topological polar surface area (TPSA) is 375 Å². The van der Waals surface area contributed by atoms with Gasteiger partial charge in [-0.05, 0) is 74.5 Å². The van der Waals surface area contributed by atoms with Gasteiger partial charge in [0.15, 0.2) is 5.96 Å². The summed E-state index contributed by atoms with van der Waals surface area (Å²) in [5.74, 6) is -8.31. The monoisotopic (exact) mass is 1000 g/mol. The predicted octanol–water partition coefficient (Wildman–Crippen LogP) is -0.346. The Bertz CT molecular complexity index is 2140. The third-order valence-corrected chi connectivity index (χ3v) is 12.6. The van der Waals surface area contributed by atoms with Crippen molar-refractivity contribution in [3.8, 4) is 0 Å². The van der Waals surface area contributed by atoms with Crippen molar-refractivity contribution >= 4 is 59.2 Å². The second-order valence-corrected chi connectivity index (χ2v) is 18.4. The smallest absolute Gasteiger partial charge is 0.326 e. The van der Waals surface area contributed by atoms with Crippen molar-refractivity contribution in [1.29, 1.82) is 0 Å². The van der Waals surface area contributed by atoms with E-state index in [0.29, 0.717) is 43.2 Å². The van der Waals surface area contributed by atoms with E-state index < -0.39 is 108 Å². The van der Waals surface area contributed by atoms with Crippen LogP contribution in [0.25, 0.3) is 0 Å². The summed E-state index contributed by atoms with van der Waals surface area (Å²) in [4.78, 5) is 126. The summed E-state index contributed by atoms with van der Waals surface area (Å²) in [7, 11) is 0. The molecule has 0 bridgehead atoms. The number of guanidine groups is 1. The first kappa shape index (κ1) is 59.2. The van der Waals surface area contributed by atoms with Gasteiger partial charge in [0.25, 0.3) is 0 Å². The molecule has 3 rings (SSSR count). The molecule has 1 unspecified atom stereocenters. The maximum atomic E-state index is 14.7. The second kappa shape index (κ2) is 31.3. The number of nitrogens with two attached hydrogens (primary N) is 4. The molecule has 2 aromatic rings. The van der Waals surface area contributed by atoms with Gasteiger partial charge in [-0.3, -0.25) is 43.3 Å². The number of nitrogens with zero attached hydrogens (tertiary/aromatic N) is 1. The molecule has 16 N–H and O–H groups in total. The average molecular weight is 1010 g/mol. The minimum Gasteiger partial charge on any atom is -0.480 e. The fourth-order valence-corrected chi connectivity index (χ4v) is 8.43. The van der Waals surface area contributed by atoms with Gasteiger partial charge < -0.3 is 65.3 Å². The Labute approximate surface area is 421 Å². The maximum Gasteiger partial charge on any atom is 0.326 e. The molecule has 2 aromatic carbocycles. The highest BCUT2D eigenvalue weighted by molar-refractivity contribution is 5.98. The Morgan fingerprint density at radius 3 is 1.53 bits per heavy atom. The number of nitrogens with one attached hydrogen (secondary N) is 7. The number of aliphatic carboxylic acids is 1. The lowest BCUT2D eigenvalue weighted by Crippen LogP contribution is -2.61. The number of rotatable bonds is 31. The van der Waals surface area contributed by atoms with E-state index >= 15 is 0 Å². The van der Waals surface area contributed by atoms with Crippen molar-refractivity contribution in [2.45, 2.75) is 153 Å². The minimum atomic E-state index is -1.61. The summed E-state index contributed by atoms with van der Waals surface area (Å²) < 4.78 is 0. The number of hydrogen-bond acceptors (Lipinski definition) is 11. The molecular weight excluding hydrogens is 929 g/mol. The van der Waals surface area contributed by atoms with Crippen LogP contribution in [0.5, 0.6) is 0 Å². The summed E-state index contributed by atoms with van der Waals surface area (Å²) in [6.45, 7) is 5.04. The van der Waals surface area contributed by atoms with E-state index in [4.69, 9.17) is 22.9 Å². The summed E-state index contributed by atoms with van der Waals surface area (Å²) in [6.07, 6.45) is 4.78. The summed E-state index contributed by atoms with van der Waals surface area (Å²) >= 11 is 0. The van der Waals surface area contributed by atoms with E-state index in [1.54, 1.807) is 74.5 Å². The van der Waals surface area contributed by atoms with Crippen molar-refractivity contribution < 1.29 is 48.3 Å². The minimum absolute atomic E-state index is 0.00281. The van der Waals surface area contributed by atoms with Gasteiger partial charge in [-0.15, -0.1) is 0 Å². The van der Waals surface area contributed by atoms with Crippen molar-refractivity contribution in [2.75, 3.05) is 13.1 Å². The van der Waals surface area contributed by atoms with E-state index in [2.05, 4.69) is 42.2 Å². The molecule has 0 saturated heterocycles. The van der Waals surface area contributed by atoms with Gasteiger partial charge in [0, 0.05) is 26.3 Å². The van der Waals surface area contributed by atoms with Crippen molar-refractivity contribution in [3.05, 3.63) is 71.8 Å². The van der Waals surface area contributed by atoms with Crippen LogP contribution < -0.4 is 60.2 Å². The fourth-order valence-electron chi connectivity index (χ4n) is 8.43. The van der Waals surface area contributed by atoms with E-state index in [1.807, 2.05) is 0 Å². The molecule has 22 heteroatoms. The van der Waals surface area contributed by atoms with E-state index in [0.717, 1.165) is 19.3 Å². The molecule has 1 saturated carbocycles. The highest BCUT2D eigenvalue weighted by Crippen LogP contribution is 2.27. The molecule has 1 aliphatic rings. The average Bonchev–Trinajstić information content (AvgIpc) is 3.34.